The Labute approximate surface area is 192 Å². The third-order valence-electron chi connectivity index (χ3n) is 4.78. The van der Waals surface area contributed by atoms with E-state index < -0.39 is 18.5 Å². The molecule has 2 amide bonds. The van der Waals surface area contributed by atoms with Crippen LogP contribution in [0.1, 0.15) is 24.0 Å². The first-order chi connectivity index (χ1) is 15.9. The summed E-state index contributed by atoms with van der Waals surface area (Å²) in [6, 6.07) is 21.9. The summed E-state index contributed by atoms with van der Waals surface area (Å²) in [7, 11) is 0. The molecule has 0 unspecified atom stereocenters. The first-order valence-electron chi connectivity index (χ1n) is 10.6. The van der Waals surface area contributed by atoms with Gasteiger partial charge in [-0.3, -0.25) is 14.4 Å². The molecule has 3 aromatic rings. The van der Waals surface area contributed by atoms with E-state index in [1.165, 1.54) is 0 Å². The predicted octanol–water partition coefficient (Wildman–Crippen LogP) is 5.00. The minimum Gasteiger partial charge on any atom is -0.457 e. The molecule has 0 heterocycles. The number of rotatable bonds is 9. The van der Waals surface area contributed by atoms with Crippen LogP contribution in [0, 0.1) is 13.8 Å². The van der Waals surface area contributed by atoms with Crippen molar-refractivity contribution >= 4 is 29.2 Å². The molecule has 0 aromatic heterocycles. The van der Waals surface area contributed by atoms with E-state index in [-0.39, 0.29) is 18.7 Å². The molecular weight excluding hydrogens is 420 g/mol. The van der Waals surface area contributed by atoms with Crippen molar-refractivity contribution in [1.29, 1.82) is 0 Å². The summed E-state index contributed by atoms with van der Waals surface area (Å²) in [5, 5.41) is 5.46. The second-order valence-electron chi connectivity index (χ2n) is 7.46. The molecule has 7 nitrogen and oxygen atoms in total. The fourth-order valence-electron chi connectivity index (χ4n) is 3.08. The van der Waals surface area contributed by atoms with E-state index in [0.29, 0.717) is 17.2 Å². The largest absolute Gasteiger partial charge is 0.457 e. The summed E-state index contributed by atoms with van der Waals surface area (Å²) >= 11 is 0. The van der Waals surface area contributed by atoms with Gasteiger partial charge < -0.3 is 20.1 Å². The number of ether oxygens (including phenoxy) is 2. The number of anilines is 2. The van der Waals surface area contributed by atoms with Gasteiger partial charge in [-0.2, -0.15) is 0 Å². The zero-order valence-corrected chi connectivity index (χ0v) is 18.6. The summed E-state index contributed by atoms with van der Waals surface area (Å²) in [5.74, 6) is -0.0335. The number of benzene rings is 3. The van der Waals surface area contributed by atoms with Gasteiger partial charge in [-0.25, -0.2) is 0 Å². The Morgan fingerprint density at radius 2 is 1.33 bits per heavy atom. The van der Waals surface area contributed by atoms with Gasteiger partial charge >= 0.3 is 5.97 Å². The van der Waals surface area contributed by atoms with E-state index in [9.17, 15) is 14.4 Å². The highest BCUT2D eigenvalue weighted by Crippen LogP contribution is 2.22. The molecule has 0 aliphatic heterocycles. The van der Waals surface area contributed by atoms with Crippen molar-refractivity contribution < 1.29 is 23.9 Å². The van der Waals surface area contributed by atoms with Gasteiger partial charge in [0.25, 0.3) is 5.91 Å². The number of esters is 1. The predicted molar refractivity (Wildman–Crippen MR) is 126 cm³/mol. The number of para-hydroxylation sites is 2. The molecule has 2 N–H and O–H groups in total. The smallest absolute Gasteiger partial charge is 0.306 e. The lowest BCUT2D eigenvalue weighted by atomic mass is 10.1. The Morgan fingerprint density at radius 1 is 0.697 bits per heavy atom. The van der Waals surface area contributed by atoms with Crippen molar-refractivity contribution in [2.45, 2.75) is 26.7 Å². The van der Waals surface area contributed by atoms with E-state index in [1.807, 2.05) is 62.4 Å². The van der Waals surface area contributed by atoms with Crippen LogP contribution in [0.2, 0.25) is 0 Å². The number of hydrogen-bond donors (Lipinski definition) is 2. The Balaban J connectivity index is 1.37. The van der Waals surface area contributed by atoms with Crippen LogP contribution in [-0.2, 0) is 19.1 Å². The number of nitrogens with one attached hydrogen (secondary N) is 2. The van der Waals surface area contributed by atoms with Crippen molar-refractivity contribution in [2.24, 2.45) is 0 Å². The maximum Gasteiger partial charge on any atom is 0.306 e. The fourth-order valence-corrected chi connectivity index (χ4v) is 3.08. The molecule has 0 aliphatic carbocycles. The monoisotopic (exact) mass is 446 g/mol. The van der Waals surface area contributed by atoms with Crippen molar-refractivity contribution in [1.82, 2.24) is 0 Å². The molecule has 0 saturated heterocycles. The van der Waals surface area contributed by atoms with Gasteiger partial charge in [-0.15, -0.1) is 0 Å². The molecule has 0 bridgehead atoms. The molecule has 0 saturated carbocycles. The lowest BCUT2D eigenvalue weighted by Gasteiger charge is -2.11. The molecule has 170 valence electrons. The van der Waals surface area contributed by atoms with Gasteiger partial charge in [0.05, 0.1) is 6.42 Å². The van der Waals surface area contributed by atoms with E-state index in [4.69, 9.17) is 9.47 Å². The van der Waals surface area contributed by atoms with Gasteiger partial charge in [0.1, 0.15) is 11.5 Å². The molecule has 3 rings (SSSR count). The lowest BCUT2D eigenvalue weighted by Crippen LogP contribution is -2.22. The fraction of sp³-hybridized carbons (Fsp3) is 0.192. The molecule has 33 heavy (non-hydrogen) atoms. The number of carbonyl (C=O) groups excluding carboxylic acids is 3. The SMILES string of the molecule is Cc1cccc(C)c1NC(=O)CCC(=O)OCC(=O)Nc1ccc(Oc2ccccc2)cc1. The average molecular weight is 447 g/mol. The van der Waals surface area contributed by atoms with Gasteiger partial charge in [0, 0.05) is 17.8 Å². The minimum absolute atomic E-state index is 0.0307. The van der Waals surface area contributed by atoms with Gasteiger partial charge in [0.2, 0.25) is 5.91 Å². The highest BCUT2D eigenvalue weighted by atomic mass is 16.5. The molecule has 0 spiro atoms. The highest BCUT2D eigenvalue weighted by Gasteiger charge is 2.12. The highest BCUT2D eigenvalue weighted by molar-refractivity contribution is 5.95. The lowest BCUT2D eigenvalue weighted by molar-refractivity contribution is -0.147. The number of amides is 2. The Kier molecular flexibility index (Phi) is 8.18. The van der Waals surface area contributed by atoms with Crippen LogP contribution in [-0.4, -0.2) is 24.4 Å². The molecule has 0 radical (unpaired) electrons. The van der Waals surface area contributed by atoms with Crippen LogP contribution < -0.4 is 15.4 Å². The minimum atomic E-state index is -0.617. The molecular formula is C26H26N2O5. The first-order valence-corrected chi connectivity index (χ1v) is 10.6. The Morgan fingerprint density at radius 3 is 2.00 bits per heavy atom. The van der Waals surface area contributed by atoms with E-state index >= 15 is 0 Å². The standard InChI is InChI=1S/C26H26N2O5/c1-18-7-6-8-19(2)26(18)28-23(29)15-16-25(31)32-17-24(30)27-20-11-13-22(14-12-20)33-21-9-4-3-5-10-21/h3-14H,15-17H2,1-2H3,(H,27,30)(H,28,29). The van der Waals surface area contributed by atoms with Crippen LogP contribution in [0.5, 0.6) is 11.5 Å². The van der Waals surface area contributed by atoms with E-state index in [1.54, 1.807) is 24.3 Å². The summed E-state index contributed by atoms with van der Waals surface area (Å²) < 4.78 is 10.7. The normalized spacial score (nSPS) is 10.2. The Hall–Kier alpha value is -4.13. The topological polar surface area (TPSA) is 93.7 Å². The van der Waals surface area contributed by atoms with Crippen molar-refractivity contribution in [3.63, 3.8) is 0 Å². The second kappa shape index (κ2) is 11.5. The maximum atomic E-state index is 12.1. The summed E-state index contributed by atoms with van der Waals surface area (Å²) in [6.45, 7) is 3.37. The van der Waals surface area contributed by atoms with Gasteiger partial charge in [0.15, 0.2) is 6.61 Å². The average Bonchev–Trinajstić information content (AvgIpc) is 2.81. The molecule has 0 fully saturated rings. The van der Waals surface area contributed by atoms with E-state index in [0.717, 1.165) is 16.8 Å². The Bertz CT molecular complexity index is 1090. The van der Waals surface area contributed by atoms with Gasteiger partial charge in [-0.1, -0.05) is 36.4 Å². The van der Waals surface area contributed by atoms with E-state index in [2.05, 4.69) is 10.6 Å². The quantitative estimate of drug-likeness (QED) is 0.451. The first kappa shape index (κ1) is 23.5. The summed E-state index contributed by atoms with van der Waals surface area (Å²) in [5.41, 5.74) is 3.18. The van der Waals surface area contributed by atoms with Crippen molar-refractivity contribution in [3.05, 3.63) is 83.9 Å². The maximum absolute atomic E-state index is 12.1. The second-order valence-corrected chi connectivity index (χ2v) is 7.46. The summed E-state index contributed by atoms with van der Waals surface area (Å²) in [6.07, 6.45) is -0.146. The molecule has 0 atom stereocenters. The number of aryl methyl sites for hydroxylation is 2. The van der Waals surface area contributed by atoms with Crippen LogP contribution in [0.25, 0.3) is 0 Å². The molecule has 3 aromatic carbocycles. The van der Waals surface area contributed by atoms with Crippen molar-refractivity contribution in [2.75, 3.05) is 17.2 Å². The third-order valence-corrected chi connectivity index (χ3v) is 4.78. The molecule has 0 aliphatic rings. The van der Waals surface area contributed by atoms with Crippen LogP contribution in [0.3, 0.4) is 0 Å². The summed E-state index contributed by atoms with van der Waals surface area (Å²) in [4.78, 5) is 36.1. The zero-order chi connectivity index (χ0) is 23.6. The van der Waals surface area contributed by atoms with Crippen LogP contribution in [0.4, 0.5) is 11.4 Å². The zero-order valence-electron chi connectivity index (χ0n) is 18.6. The van der Waals surface area contributed by atoms with Crippen LogP contribution >= 0.6 is 0 Å². The number of carbonyl (C=O) groups is 3. The van der Waals surface area contributed by atoms with Crippen molar-refractivity contribution in [3.8, 4) is 11.5 Å². The van der Waals surface area contributed by atoms with Gasteiger partial charge in [-0.05, 0) is 61.4 Å². The third kappa shape index (κ3) is 7.50. The van der Waals surface area contributed by atoms with Crippen LogP contribution in [0.15, 0.2) is 72.8 Å². The molecule has 7 heteroatoms. The number of hydrogen-bond acceptors (Lipinski definition) is 5.